The third-order valence-corrected chi connectivity index (χ3v) is 3.88. The molecule has 0 amide bonds. The lowest BCUT2D eigenvalue weighted by Gasteiger charge is -2.25. The van der Waals surface area contributed by atoms with Crippen LogP contribution in [0.2, 0.25) is 0 Å². The summed E-state index contributed by atoms with van der Waals surface area (Å²) in [6, 6.07) is 0.728. The summed E-state index contributed by atoms with van der Waals surface area (Å²) >= 11 is 0. The molecule has 1 aromatic heterocycles. The summed E-state index contributed by atoms with van der Waals surface area (Å²) in [5.74, 6) is 0.812. The van der Waals surface area contributed by atoms with Crippen molar-refractivity contribution in [1.82, 2.24) is 20.0 Å². The van der Waals surface area contributed by atoms with E-state index in [1.165, 1.54) is 31.4 Å². The standard InChI is InChI=1S/C14H26N4/c1-4-15-14-7-5-6-13(14)11-17(2)9-12-8-16-18(3)10-12/h8,10,13-15H,4-7,9,11H2,1-3H3. The van der Waals surface area contributed by atoms with E-state index < -0.39 is 0 Å². The number of nitrogens with zero attached hydrogens (tertiary/aromatic N) is 3. The Bertz CT molecular complexity index is 360. The maximum absolute atomic E-state index is 4.22. The molecule has 1 N–H and O–H groups in total. The summed E-state index contributed by atoms with van der Waals surface area (Å²) in [6.07, 6.45) is 8.16. The second-order valence-corrected chi connectivity index (χ2v) is 5.57. The van der Waals surface area contributed by atoms with Crippen molar-refractivity contribution in [3.63, 3.8) is 0 Å². The molecule has 1 aliphatic rings. The lowest BCUT2D eigenvalue weighted by atomic mass is 10.0. The molecule has 0 bridgehead atoms. The van der Waals surface area contributed by atoms with Gasteiger partial charge in [0.1, 0.15) is 0 Å². The maximum Gasteiger partial charge on any atom is 0.0534 e. The summed E-state index contributed by atoms with van der Waals surface area (Å²) < 4.78 is 1.88. The molecule has 2 atom stereocenters. The molecular weight excluding hydrogens is 224 g/mol. The predicted octanol–water partition coefficient (Wildman–Crippen LogP) is 1.63. The molecule has 0 aromatic carbocycles. The Kier molecular flexibility index (Phi) is 4.78. The van der Waals surface area contributed by atoms with Crippen LogP contribution in [0, 0.1) is 5.92 Å². The minimum absolute atomic E-state index is 0.728. The molecule has 0 spiro atoms. The third kappa shape index (κ3) is 3.56. The zero-order valence-electron chi connectivity index (χ0n) is 11.9. The second-order valence-electron chi connectivity index (χ2n) is 5.57. The second kappa shape index (κ2) is 6.34. The van der Waals surface area contributed by atoms with Crippen LogP contribution in [0.1, 0.15) is 31.7 Å². The summed E-state index contributed by atoms with van der Waals surface area (Å²) in [5.41, 5.74) is 1.30. The number of hydrogen-bond donors (Lipinski definition) is 1. The van der Waals surface area contributed by atoms with Gasteiger partial charge in [0.2, 0.25) is 0 Å². The summed E-state index contributed by atoms with van der Waals surface area (Å²) in [6.45, 7) is 5.48. The molecule has 1 aliphatic carbocycles. The van der Waals surface area contributed by atoms with Crippen LogP contribution in [-0.2, 0) is 13.6 Å². The SMILES string of the molecule is CCNC1CCCC1CN(C)Cc1cnn(C)c1. The Morgan fingerprint density at radius 1 is 1.50 bits per heavy atom. The smallest absolute Gasteiger partial charge is 0.0534 e. The van der Waals surface area contributed by atoms with Crippen LogP contribution in [0.4, 0.5) is 0 Å². The fourth-order valence-corrected chi connectivity index (χ4v) is 3.12. The van der Waals surface area contributed by atoms with Crippen LogP contribution in [0.3, 0.4) is 0 Å². The number of aryl methyl sites for hydroxylation is 1. The Hall–Kier alpha value is -0.870. The first-order valence-corrected chi connectivity index (χ1v) is 7.08. The van der Waals surface area contributed by atoms with Gasteiger partial charge in [-0.3, -0.25) is 4.68 Å². The van der Waals surface area contributed by atoms with E-state index in [1.54, 1.807) is 0 Å². The molecule has 1 heterocycles. The van der Waals surface area contributed by atoms with Crippen LogP contribution < -0.4 is 5.32 Å². The fraction of sp³-hybridized carbons (Fsp3) is 0.786. The fourth-order valence-electron chi connectivity index (χ4n) is 3.12. The lowest BCUT2D eigenvalue weighted by Crippen LogP contribution is -2.37. The van der Waals surface area contributed by atoms with E-state index in [1.807, 2.05) is 17.9 Å². The first-order valence-electron chi connectivity index (χ1n) is 7.08. The van der Waals surface area contributed by atoms with Gasteiger partial charge >= 0.3 is 0 Å². The minimum atomic E-state index is 0.728. The Labute approximate surface area is 110 Å². The third-order valence-electron chi connectivity index (χ3n) is 3.88. The highest BCUT2D eigenvalue weighted by molar-refractivity contribution is 5.03. The van der Waals surface area contributed by atoms with Crippen molar-refractivity contribution in [2.24, 2.45) is 13.0 Å². The number of aromatic nitrogens is 2. The highest BCUT2D eigenvalue weighted by Crippen LogP contribution is 2.26. The van der Waals surface area contributed by atoms with Gasteiger partial charge in [-0.1, -0.05) is 13.3 Å². The van der Waals surface area contributed by atoms with Gasteiger partial charge in [0.25, 0.3) is 0 Å². The van der Waals surface area contributed by atoms with Crippen molar-refractivity contribution < 1.29 is 0 Å². The molecular formula is C14H26N4. The van der Waals surface area contributed by atoms with Crippen molar-refractivity contribution in [3.05, 3.63) is 18.0 Å². The molecule has 2 unspecified atom stereocenters. The predicted molar refractivity (Wildman–Crippen MR) is 74.3 cm³/mol. The topological polar surface area (TPSA) is 33.1 Å². The molecule has 1 fully saturated rings. The highest BCUT2D eigenvalue weighted by Gasteiger charge is 2.27. The molecule has 102 valence electrons. The van der Waals surface area contributed by atoms with Gasteiger partial charge in [0.15, 0.2) is 0 Å². The van der Waals surface area contributed by atoms with Gasteiger partial charge < -0.3 is 10.2 Å². The molecule has 4 nitrogen and oxygen atoms in total. The molecule has 1 aromatic rings. The average molecular weight is 250 g/mol. The quantitative estimate of drug-likeness (QED) is 0.833. The molecule has 2 rings (SSSR count). The van der Waals surface area contributed by atoms with E-state index in [-0.39, 0.29) is 0 Å². The molecule has 0 aliphatic heterocycles. The number of rotatable bonds is 6. The van der Waals surface area contributed by atoms with E-state index in [4.69, 9.17) is 0 Å². The summed E-state index contributed by atoms with van der Waals surface area (Å²) in [4.78, 5) is 2.43. The van der Waals surface area contributed by atoms with Crippen molar-refractivity contribution in [3.8, 4) is 0 Å². The Balaban J connectivity index is 1.81. The zero-order valence-corrected chi connectivity index (χ0v) is 11.9. The minimum Gasteiger partial charge on any atom is -0.314 e. The molecule has 1 saturated carbocycles. The van der Waals surface area contributed by atoms with E-state index in [9.17, 15) is 0 Å². The van der Waals surface area contributed by atoms with E-state index in [0.29, 0.717) is 0 Å². The number of hydrogen-bond acceptors (Lipinski definition) is 3. The van der Waals surface area contributed by atoms with E-state index >= 15 is 0 Å². The van der Waals surface area contributed by atoms with Crippen LogP contribution in [0.25, 0.3) is 0 Å². The summed E-state index contributed by atoms with van der Waals surface area (Å²) in [7, 11) is 4.19. The maximum atomic E-state index is 4.22. The Morgan fingerprint density at radius 3 is 3.00 bits per heavy atom. The van der Waals surface area contributed by atoms with Crippen LogP contribution in [0.15, 0.2) is 12.4 Å². The van der Waals surface area contributed by atoms with Crippen LogP contribution in [0.5, 0.6) is 0 Å². The lowest BCUT2D eigenvalue weighted by molar-refractivity contribution is 0.246. The summed E-state index contributed by atoms with van der Waals surface area (Å²) in [5, 5.41) is 7.85. The molecule has 18 heavy (non-hydrogen) atoms. The van der Waals surface area contributed by atoms with Gasteiger partial charge in [-0.25, -0.2) is 0 Å². The van der Waals surface area contributed by atoms with E-state index in [2.05, 4.69) is 35.5 Å². The first kappa shape index (κ1) is 13.6. The average Bonchev–Trinajstić information content (AvgIpc) is 2.90. The molecule has 4 heteroatoms. The first-order chi connectivity index (χ1) is 8.69. The molecule has 0 saturated heterocycles. The Morgan fingerprint density at radius 2 is 2.33 bits per heavy atom. The van der Waals surface area contributed by atoms with E-state index in [0.717, 1.165) is 25.0 Å². The normalized spacial score (nSPS) is 24.0. The zero-order chi connectivity index (χ0) is 13.0. The van der Waals surface area contributed by atoms with Gasteiger partial charge in [0.05, 0.1) is 6.20 Å². The van der Waals surface area contributed by atoms with Crippen molar-refractivity contribution in [2.75, 3.05) is 20.1 Å². The van der Waals surface area contributed by atoms with Gasteiger partial charge in [0, 0.05) is 37.9 Å². The molecule has 0 radical (unpaired) electrons. The number of nitrogens with one attached hydrogen (secondary N) is 1. The van der Waals surface area contributed by atoms with Crippen molar-refractivity contribution >= 4 is 0 Å². The van der Waals surface area contributed by atoms with Crippen LogP contribution >= 0.6 is 0 Å². The van der Waals surface area contributed by atoms with Gasteiger partial charge in [-0.15, -0.1) is 0 Å². The highest BCUT2D eigenvalue weighted by atomic mass is 15.2. The van der Waals surface area contributed by atoms with Crippen molar-refractivity contribution in [1.29, 1.82) is 0 Å². The van der Waals surface area contributed by atoms with Crippen molar-refractivity contribution in [2.45, 2.75) is 38.8 Å². The van der Waals surface area contributed by atoms with Gasteiger partial charge in [-0.2, -0.15) is 5.10 Å². The van der Waals surface area contributed by atoms with Gasteiger partial charge in [-0.05, 0) is 32.4 Å². The monoisotopic (exact) mass is 250 g/mol. The van der Waals surface area contributed by atoms with Crippen LogP contribution in [-0.4, -0.2) is 40.9 Å². The largest absolute Gasteiger partial charge is 0.314 e.